The Morgan fingerprint density at radius 2 is 2.09 bits per heavy atom. The van der Waals surface area contributed by atoms with Crippen LogP contribution in [0.15, 0.2) is 29.1 Å². The first-order valence-electron chi connectivity index (χ1n) is 11.1. The number of aryl methyl sites for hydroxylation is 3. The smallest absolute Gasteiger partial charge is 0.259 e. The average Bonchev–Trinajstić information content (AvgIpc) is 3.41. The van der Waals surface area contributed by atoms with E-state index in [-0.39, 0.29) is 23.9 Å². The highest BCUT2D eigenvalue weighted by Gasteiger charge is 2.24. The van der Waals surface area contributed by atoms with Crippen molar-refractivity contribution in [2.75, 3.05) is 26.7 Å². The Morgan fingerprint density at radius 3 is 2.84 bits per heavy atom. The number of fused-ring (bicyclic) bond motifs is 1. The Hall–Kier alpha value is -2.71. The third kappa shape index (κ3) is 4.86. The van der Waals surface area contributed by atoms with E-state index < -0.39 is 0 Å². The molecule has 7 nitrogen and oxygen atoms in total. The number of ether oxygens (including phenoxy) is 1. The lowest BCUT2D eigenvalue weighted by Gasteiger charge is -2.28. The number of carbonyl (C=O) groups is 1. The third-order valence-corrected chi connectivity index (χ3v) is 7.33. The highest BCUT2D eigenvalue weighted by molar-refractivity contribution is 7.18. The van der Waals surface area contributed by atoms with Crippen LogP contribution in [0.5, 0.6) is 5.75 Å². The molecule has 0 saturated carbocycles. The van der Waals surface area contributed by atoms with Gasteiger partial charge in [0.15, 0.2) is 0 Å². The summed E-state index contributed by atoms with van der Waals surface area (Å²) in [6, 6.07) is 8.18. The van der Waals surface area contributed by atoms with Crippen LogP contribution in [0.1, 0.15) is 47.1 Å². The number of nitrogens with zero attached hydrogens (tertiary/aromatic N) is 2. The van der Waals surface area contributed by atoms with Gasteiger partial charge < -0.3 is 15.0 Å². The van der Waals surface area contributed by atoms with Gasteiger partial charge >= 0.3 is 0 Å². The standard InChI is InChI=1S/C24H30N4O3S/c1-15-16(2)32-24-22(15)23(30)26-20(27-24)9-10-21(29)25-14-19(28-11-4-5-12-28)17-7-6-8-18(13-17)31-3/h6-8,13,19H,4-5,9-12,14H2,1-3H3,(H,25,29)(H,26,27,30). The monoisotopic (exact) mass is 454 g/mol. The first-order valence-corrected chi connectivity index (χ1v) is 11.9. The molecular weight excluding hydrogens is 424 g/mol. The van der Waals surface area contributed by atoms with Gasteiger partial charge in [-0.25, -0.2) is 4.98 Å². The van der Waals surface area contributed by atoms with Crippen molar-refractivity contribution in [3.8, 4) is 5.75 Å². The van der Waals surface area contributed by atoms with Gasteiger partial charge in [0, 0.05) is 24.3 Å². The van der Waals surface area contributed by atoms with Crippen LogP contribution >= 0.6 is 11.3 Å². The number of aromatic nitrogens is 2. The number of H-pyrrole nitrogens is 1. The van der Waals surface area contributed by atoms with E-state index in [0.717, 1.165) is 39.7 Å². The lowest BCUT2D eigenvalue weighted by molar-refractivity contribution is -0.121. The first-order chi connectivity index (χ1) is 15.5. The Balaban J connectivity index is 1.40. The van der Waals surface area contributed by atoms with Crippen LogP contribution < -0.4 is 15.6 Å². The highest BCUT2D eigenvalue weighted by atomic mass is 32.1. The zero-order valence-electron chi connectivity index (χ0n) is 18.9. The Morgan fingerprint density at radius 1 is 1.31 bits per heavy atom. The molecule has 32 heavy (non-hydrogen) atoms. The summed E-state index contributed by atoms with van der Waals surface area (Å²) in [5.41, 5.74) is 2.00. The number of carbonyl (C=O) groups excluding carboxylic acids is 1. The number of amides is 1. The van der Waals surface area contributed by atoms with Crippen LogP contribution in [0.25, 0.3) is 10.2 Å². The van der Waals surface area contributed by atoms with E-state index in [4.69, 9.17) is 4.74 Å². The van der Waals surface area contributed by atoms with E-state index in [9.17, 15) is 9.59 Å². The number of rotatable bonds is 8. The highest BCUT2D eigenvalue weighted by Crippen LogP contribution is 2.27. The average molecular weight is 455 g/mol. The minimum Gasteiger partial charge on any atom is -0.497 e. The fraction of sp³-hybridized carbons (Fsp3) is 0.458. The molecule has 2 aromatic heterocycles. The molecule has 0 spiro atoms. The van der Waals surface area contributed by atoms with Crippen molar-refractivity contribution in [3.05, 3.63) is 56.4 Å². The van der Waals surface area contributed by atoms with Crippen LogP contribution in [0.4, 0.5) is 0 Å². The van der Waals surface area contributed by atoms with Crippen LogP contribution in [0, 0.1) is 13.8 Å². The first kappa shape index (κ1) is 22.5. The topological polar surface area (TPSA) is 87.3 Å². The number of thiophene rings is 1. The van der Waals surface area contributed by atoms with Crippen molar-refractivity contribution in [1.82, 2.24) is 20.2 Å². The number of hydrogen-bond donors (Lipinski definition) is 2. The lowest BCUT2D eigenvalue weighted by atomic mass is 10.0. The normalized spacial score (nSPS) is 15.2. The van der Waals surface area contributed by atoms with Crippen LogP contribution in [-0.4, -0.2) is 47.5 Å². The van der Waals surface area contributed by atoms with Crippen molar-refractivity contribution in [2.24, 2.45) is 0 Å². The molecule has 1 amide bonds. The number of aromatic amines is 1. The zero-order chi connectivity index (χ0) is 22.7. The molecule has 3 heterocycles. The number of likely N-dealkylation sites (tertiary alicyclic amines) is 1. The number of nitrogens with one attached hydrogen (secondary N) is 2. The van der Waals surface area contributed by atoms with Gasteiger partial charge in [0.25, 0.3) is 5.56 Å². The fourth-order valence-electron chi connectivity index (χ4n) is 4.31. The quantitative estimate of drug-likeness (QED) is 0.544. The third-order valence-electron chi connectivity index (χ3n) is 6.23. The molecule has 1 aromatic carbocycles. The molecular formula is C24H30N4O3S. The summed E-state index contributed by atoms with van der Waals surface area (Å²) in [7, 11) is 1.67. The molecule has 8 heteroatoms. The van der Waals surface area contributed by atoms with E-state index >= 15 is 0 Å². The van der Waals surface area contributed by atoms with E-state index in [1.54, 1.807) is 7.11 Å². The molecule has 1 saturated heterocycles. The predicted octanol–water partition coefficient (Wildman–Crippen LogP) is 3.50. The molecule has 1 aliphatic heterocycles. The summed E-state index contributed by atoms with van der Waals surface area (Å²) < 4.78 is 5.39. The molecule has 0 aliphatic carbocycles. The van der Waals surface area contributed by atoms with Crippen molar-refractivity contribution in [1.29, 1.82) is 0 Å². The molecule has 170 valence electrons. The maximum atomic E-state index is 12.6. The minimum absolute atomic E-state index is 0.0432. The van der Waals surface area contributed by atoms with E-state index in [1.807, 2.05) is 32.0 Å². The number of hydrogen-bond acceptors (Lipinski definition) is 6. The summed E-state index contributed by atoms with van der Waals surface area (Å²) in [5.74, 6) is 1.34. The second kappa shape index (κ2) is 9.83. The maximum Gasteiger partial charge on any atom is 0.259 e. The fourth-order valence-corrected chi connectivity index (χ4v) is 5.36. The Bertz CT molecular complexity index is 1160. The second-order valence-electron chi connectivity index (χ2n) is 8.32. The van der Waals surface area contributed by atoms with Gasteiger partial charge in [0.2, 0.25) is 5.91 Å². The number of methoxy groups -OCH3 is 1. The molecule has 1 fully saturated rings. The van der Waals surface area contributed by atoms with E-state index in [0.29, 0.717) is 24.2 Å². The lowest BCUT2D eigenvalue weighted by Crippen LogP contribution is -2.37. The second-order valence-corrected chi connectivity index (χ2v) is 9.52. The number of benzene rings is 1. The molecule has 3 aromatic rings. The van der Waals surface area contributed by atoms with Crippen molar-refractivity contribution >= 4 is 27.5 Å². The molecule has 0 bridgehead atoms. The molecule has 1 unspecified atom stereocenters. The van der Waals surface area contributed by atoms with Crippen molar-refractivity contribution in [3.63, 3.8) is 0 Å². The molecule has 1 aliphatic rings. The summed E-state index contributed by atoms with van der Waals surface area (Å²) in [4.78, 5) is 36.7. The summed E-state index contributed by atoms with van der Waals surface area (Å²) >= 11 is 1.52. The largest absolute Gasteiger partial charge is 0.497 e. The summed E-state index contributed by atoms with van der Waals surface area (Å²) in [6.45, 7) is 6.54. The zero-order valence-corrected chi connectivity index (χ0v) is 19.7. The van der Waals surface area contributed by atoms with Gasteiger partial charge in [0.1, 0.15) is 16.4 Å². The predicted molar refractivity (Wildman–Crippen MR) is 128 cm³/mol. The van der Waals surface area contributed by atoms with E-state index in [2.05, 4.69) is 26.3 Å². The van der Waals surface area contributed by atoms with Crippen molar-refractivity contribution in [2.45, 2.75) is 45.6 Å². The Kier molecular flexibility index (Phi) is 6.91. The van der Waals surface area contributed by atoms with Gasteiger partial charge in [-0.2, -0.15) is 0 Å². The summed E-state index contributed by atoms with van der Waals surface area (Å²) in [5, 5.41) is 3.75. The molecule has 2 N–H and O–H groups in total. The van der Waals surface area contributed by atoms with Gasteiger partial charge in [-0.1, -0.05) is 12.1 Å². The molecule has 0 radical (unpaired) electrons. The molecule has 1 atom stereocenters. The van der Waals surface area contributed by atoms with Crippen LogP contribution in [0.2, 0.25) is 0 Å². The van der Waals surface area contributed by atoms with Gasteiger partial charge in [0.05, 0.1) is 18.5 Å². The van der Waals surface area contributed by atoms with Crippen molar-refractivity contribution < 1.29 is 9.53 Å². The summed E-state index contributed by atoms with van der Waals surface area (Å²) in [6.07, 6.45) is 3.04. The van der Waals surface area contributed by atoms with Gasteiger partial charge in [-0.3, -0.25) is 14.5 Å². The van der Waals surface area contributed by atoms with Crippen LogP contribution in [-0.2, 0) is 11.2 Å². The SMILES string of the molecule is COc1cccc(C(CNC(=O)CCc2nc3sc(C)c(C)c3c(=O)[nH]2)N2CCCC2)c1. The minimum atomic E-state index is -0.126. The van der Waals surface area contributed by atoms with E-state index in [1.165, 1.54) is 24.2 Å². The molecule has 4 rings (SSSR count). The maximum absolute atomic E-state index is 12.6. The van der Waals surface area contributed by atoms with Gasteiger partial charge in [-0.15, -0.1) is 11.3 Å². The van der Waals surface area contributed by atoms with Gasteiger partial charge in [-0.05, 0) is 63.0 Å². The Labute approximate surface area is 191 Å². The van der Waals surface area contributed by atoms with Crippen LogP contribution in [0.3, 0.4) is 0 Å².